The molecular formula is C14H11NOS. The Morgan fingerprint density at radius 3 is 2.59 bits per heavy atom. The molecule has 0 saturated heterocycles. The molecule has 0 saturated carbocycles. The number of rotatable bonds is 1. The van der Waals surface area contributed by atoms with Gasteiger partial charge in [0.15, 0.2) is 5.43 Å². The fraction of sp³-hybridized carbons (Fsp3) is 0.0714. The highest BCUT2D eigenvalue weighted by Crippen LogP contribution is 2.28. The largest absolute Gasteiger partial charge is 0.387 e. The molecule has 0 spiro atoms. The number of hydrogen-bond acceptors (Lipinski definition) is 3. The van der Waals surface area contributed by atoms with Crippen LogP contribution in [-0.2, 0) is 0 Å². The maximum Gasteiger partial charge on any atom is 0.197 e. The molecule has 17 heavy (non-hydrogen) atoms. The minimum Gasteiger partial charge on any atom is -0.387 e. The summed E-state index contributed by atoms with van der Waals surface area (Å²) in [5.41, 5.74) is 1.01. The van der Waals surface area contributed by atoms with E-state index in [-0.39, 0.29) is 5.43 Å². The van der Waals surface area contributed by atoms with Crippen LogP contribution in [0.4, 0.5) is 5.69 Å². The molecule has 1 heterocycles. The van der Waals surface area contributed by atoms with Crippen molar-refractivity contribution in [2.24, 2.45) is 0 Å². The van der Waals surface area contributed by atoms with E-state index in [1.54, 1.807) is 11.3 Å². The van der Waals surface area contributed by atoms with Crippen LogP contribution in [0.15, 0.2) is 47.3 Å². The first-order valence-electron chi connectivity index (χ1n) is 5.43. The standard InChI is InChI=1S/C14H11NOS/c1-15-10-6-4-8-12-13(10)14(16)9-5-2-3-7-11(9)17-12/h2-8,15H,1H3. The summed E-state index contributed by atoms with van der Waals surface area (Å²) in [4.78, 5) is 12.4. The number of nitrogens with one attached hydrogen (secondary N) is 1. The second-order valence-electron chi connectivity index (χ2n) is 3.86. The molecule has 0 aliphatic carbocycles. The van der Waals surface area contributed by atoms with Gasteiger partial charge in [0.1, 0.15) is 0 Å². The topological polar surface area (TPSA) is 29.1 Å². The van der Waals surface area contributed by atoms with Gasteiger partial charge in [-0.25, -0.2) is 0 Å². The Morgan fingerprint density at radius 1 is 1.00 bits per heavy atom. The van der Waals surface area contributed by atoms with Gasteiger partial charge in [-0.15, -0.1) is 11.3 Å². The van der Waals surface area contributed by atoms with Gasteiger partial charge in [-0.2, -0.15) is 0 Å². The zero-order valence-electron chi connectivity index (χ0n) is 9.36. The molecule has 2 aromatic carbocycles. The normalized spacial score (nSPS) is 10.9. The van der Waals surface area contributed by atoms with E-state index in [1.807, 2.05) is 49.5 Å². The fourth-order valence-electron chi connectivity index (χ4n) is 2.06. The predicted octanol–water partition coefficient (Wildman–Crippen LogP) is 3.46. The number of fused-ring (bicyclic) bond motifs is 2. The summed E-state index contributed by atoms with van der Waals surface area (Å²) in [6.07, 6.45) is 0. The van der Waals surface area contributed by atoms with E-state index < -0.39 is 0 Å². The van der Waals surface area contributed by atoms with Crippen LogP contribution in [0.3, 0.4) is 0 Å². The summed E-state index contributed by atoms with van der Waals surface area (Å²) >= 11 is 1.65. The SMILES string of the molecule is CNc1cccc2sc3ccccc3c(=O)c12. The van der Waals surface area contributed by atoms with Gasteiger partial charge in [-0.05, 0) is 24.3 Å². The Labute approximate surface area is 103 Å². The van der Waals surface area contributed by atoms with E-state index >= 15 is 0 Å². The van der Waals surface area contributed by atoms with E-state index in [9.17, 15) is 4.79 Å². The summed E-state index contributed by atoms with van der Waals surface area (Å²) in [5, 5.41) is 4.67. The summed E-state index contributed by atoms with van der Waals surface area (Å²) < 4.78 is 2.07. The highest BCUT2D eigenvalue weighted by molar-refractivity contribution is 7.24. The van der Waals surface area contributed by atoms with Crippen molar-refractivity contribution in [3.8, 4) is 0 Å². The Kier molecular flexibility index (Phi) is 2.34. The molecule has 2 nitrogen and oxygen atoms in total. The van der Waals surface area contributed by atoms with Gasteiger partial charge in [0.25, 0.3) is 0 Å². The quantitative estimate of drug-likeness (QED) is 0.661. The molecule has 0 aliphatic rings. The second kappa shape index (κ2) is 3.86. The van der Waals surface area contributed by atoms with E-state index in [1.165, 1.54) is 0 Å². The van der Waals surface area contributed by atoms with Gasteiger partial charge < -0.3 is 5.32 Å². The van der Waals surface area contributed by atoms with Gasteiger partial charge in [-0.1, -0.05) is 18.2 Å². The van der Waals surface area contributed by atoms with Crippen molar-refractivity contribution in [3.63, 3.8) is 0 Å². The van der Waals surface area contributed by atoms with Gasteiger partial charge in [0.2, 0.25) is 0 Å². The Balaban J connectivity index is 2.60. The van der Waals surface area contributed by atoms with Gasteiger partial charge >= 0.3 is 0 Å². The van der Waals surface area contributed by atoms with Crippen molar-refractivity contribution in [1.29, 1.82) is 0 Å². The molecule has 0 fully saturated rings. The molecule has 3 aromatic rings. The highest BCUT2D eigenvalue weighted by Gasteiger charge is 2.08. The van der Waals surface area contributed by atoms with Crippen molar-refractivity contribution in [2.45, 2.75) is 0 Å². The van der Waals surface area contributed by atoms with Crippen LogP contribution in [0, 0.1) is 0 Å². The fourth-order valence-corrected chi connectivity index (χ4v) is 3.16. The zero-order chi connectivity index (χ0) is 11.8. The molecular weight excluding hydrogens is 230 g/mol. The predicted molar refractivity (Wildman–Crippen MR) is 75.1 cm³/mol. The summed E-state index contributed by atoms with van der Waals surface area (Å²) in [7, 11) is 1.84. The third-order valence-electron chi connectivity index (χ3n) is 2.87. The number of benzene rings is 2. The first kappa shape index (κ1) is 10.3. The first-order valence-corrected chi connectivity index (χ1v) is 6.25. The van der Waals surface area contributed by atoms with Crippen molar-refractivity contribution in [1.82, 2.24) is 0 Å². The lowest BCUT2D eigenvalue weighted by Gasteiger charge is -2.05. The van der Waals surface area contributed by atoms with Crippen LogP contribution in [0.2, 0.25) is 0 Å². The molecule has 0 amide bonds. The second-order valence-corrected chi connectivity index (χ2v) is 4.94. The van der Waals surface area contributed by atoms with E-state index in [4.69, 9.17) is 0 Å². The molecule has 1 aromatic heterocycles. The van der Waals surface area contributed by atoms with Crippen LogP contribution in [0.5, 0.6) is 0 Å². The molecule has 0 radical (unpaired) electrons. The van der Waals surface area contributed by atoms with Crippen molar-refractivity contribution in [2.75, 3.05) is 12.4 Å². The van der Waals surface area contributed by atoms with E-state index in [0.29, 0.717) is 0 Å². The first-order chi connectivity index (χ1) is 8.31. The number of anilines is 1. The average Bonchev–Trinajstić information content (AvgIpc) is 2.38. The van der Waals surface area contributed by atoms with Crippen LogP contribution >= 0.6 is 11.3 Å². The molecule has 1 N–H and O–H groups in total. The molecule has 0 bridgehead atoms. The van der Waals surface area contributed by atoms with Gasteiger partial charge in [0.05, 0.1) is 5.39 Å². The van der Waals surface area contributed by atoms with Crippen molar-refractivity contribution in [3.05, 3.63) is 52.7 Å². The van der Waals surface area contributed by atoms with Crippen LogP contribution < -0.4 is 10.7 Å². The summed E-state index contributed by atoms with van der Waals surface area (Å²) in [5.74, 6) is 0. The van der Waals surface area contributed by atoms with E-state index in [0.717, 1.165) is 25.9 Å². The van der Waals surface area contributed by atoms with E-state index in [2.05, 4.69) is 5.32 Å². The third-order valence-corrected chi connectivity index (χ3v) is 4.01. The number of hydrogen-bond donors (Lipinski definition) is 1. The Morgan fingerprint density at radius 2 is 1.76 bits per heavy atom. The molecule has 3 rings (SSSR count). The summed E-state index contributed by atoms with van der Waals surface area (Å²) in [6, 6.07) is 13.7. The molecule has 0 atom stereocenters. The maximum atomic E-state index is 12.4. The average molecular weight is 241 g/mol. The maximum absolute atomic E-state index is 12.4. The minimum absolute atomic E-state index is 0.110. The zero-order valence-corrected chi connectivity index (χ0v) is 10.2. The summed E-state index contributed by atoms with van der Waals surface area (Å²) in [6.45, 7) is 0. The minimum atomic E-state index is 0.110. The lowest BCUT2D eigenvalue weighted by Crippen LogP contribution is -2.04. The van der Waals surface area contributed by atoms with Crippen LogP contribution in [0.25, 0.3) is 20.2 Å². The van der Waals surface area contributed by atoms with Gasteiger partial charge in [0, 0.05) is 27.5 Å². The molecule has 84 valence electrons. The smallest absolute Gasteiger partial charge is 0.197 e. The molecule has 0 aliphatic heterocycles. The highest BCUT2D eigenvalue weighted by atomic mass is 32.1. The van der Waals surface area contributed by atoms with Crippen LogP contribution in [0.1, 0.15) is 0 Å². The van der Waals surface area contributed by atoms with Gasteiger partial charge in [-0.3, -0.25) is 4.79 Å². The molecule has 0 unspecified atom stereocenters. The lowest BCUT2D eigenvalue weighted by molar-refractivity contribution is 1.55. The van der Waals surface area contributed by atoms with Crippen LogP contribution in [-0.4, -0.2) is 7.05 Å². The third kappa shape index (κ3) is 1.51. The molecule has 3 heteroatoms. The Hall–Kier alpha value is -1.87. The van der Waals surface area contributed by atoms with Crippen molar-refractivity contribution < 1.29 is 0 Å². The van der Waals surface area contributed by atoms with Crippen molar-refractivity contribution >= 4 is 37.2 Å². The lowest BCUT2D eigenvalue weighted by atomic mass is 10.1. The Bertz CT molecular complexity index is 761. The monoisotopic (exact) mass is 241 g/mol.